The number of halogens is 3. The lowest BCUT2D eigenvalue weighted by Crippen LogP contribution is -2.36. The van der Waals surface area contributed by atoms with Gasteiger partial charge in [-0.3, -0.25) is 9.59 Å². The lowest BCUT2D eigenvalue weighted by Gasteiger charge is -2.25. The fourth-order valence-electron chi connectivity index (χ4n) is 5.65. The zero-order valence-corrected chi connectivity index (χ0v) is 21.4. The third-order valence-corrected chi connectivity index (χ3v) is 7.60. The van der Waals surface area contributed by atoms with Crippen LogP contribution in [0.3, 0.4) is 0 Å². The highest BCUT2D eigenvalue weighted by atomic mass is 19.4. The molecule has 1 aliphatic carbocycles. The molecule has 37 heavy (non-hydrogen) atoms. The summed E-state index contributed by atoms with van der Waals surface area (Å²) < 4.78 is 31.7. The number of carboxylic acid groups (broad SMARTS) is 1. The molecule has 0 spiro atoms. The highest BCUT2D eigenvalue weighted by Crippen LogP contribution is 2.32. The number of nitrogens with zero attached hydrogens (tertiary/aromatic N) is 2. The Hall–Kier alpha value is -2.62. The van der Waals surface area contributed by atoms with Crippen LogP contribution in [0.15, 0.2) is 30.3 Å². The first-order chi connectivity index (χ1) is 17.6. The maximum atomic E-state index is 12.8. The van der Waals surface area contributed by atoms with Crippen LogP contribution >= 0.6 is 0 Å². The summed E-state index contributed by atoms with van der Waals surface area (Å²) in [5, 5.41) is 10.5. The number of alkyl halides is 3. The zero-order valence-electron chi connectivity index (χ0n) is 21.4. The number of benzene rings is 1. The summed E-state index contributed by atoms with van der Waals surface area (Å²) in [7, 11) is 0. The van der Waals surface area contributed by atoms with Crippen molar-refractivity contribution in [1.82, 2.24) is 15.1 Å². The second-order valence-corrected chi connectivity index (χ2v) is 10.4. The van der Waals surface area contributed by atoms with Gasteiger partial charge in [0.1, 0.15) is 0 Å². The summed E-state index contributed by atoms with van der Waals surface area (Å²) in [5.41, 5.74) is 1.21. The standard InChI is InChI=1S/C25H37N3O2.C2HF3O2/c1-2-8-24(29)28-17-21-15-27(16-22(21)18-28)14-13-23(19-9-4-3-5-10-19)26-25(30)20-11-6-7-12-20;3-2(4,5)1(6)7/h3-5,9-10,20-23H,2,6-8,11-18H2,1H3,(H,26,30);(H,6,7)/t21-,22?,23?;/m0./s1. The summed E-state index contributed by atoms with van der Waals surface area (Å²) in [6, 6.07) is 10.5. The predicted octanol–water partition coefficient (Wildman–Crippen LogP) is 4.25. The van der Waals surface area contributed by atoms with Crippen molar-refractivity contribution < 1.29 is 32.7 Å². The Morgan fingerprint density at radius 3 is 2.11 bits per heavy atom. The van der Waals surface area contributed by atoms with Crippen LogP contribution in [-0.2, 0) is 14.4 Å². The Labute approximate surface area is 216 Å². The first-order valence-corrected chi connectivity index (χ1v) is 13.2. The average Bonchev–Trinajstić information content (AvgIpc) is 3.59. The largest absolute Gasteiger partial charge is 0.490 e. The Morgan fingerprint density at radius 2 is 1.59 bits per heavy atom. The molecule has 0 bridgehead atoms. The van der Waals surface area contributed by atoms with E-state index in [2.05, 4.69) is 46.3 Å². The van der Waals surface area contributed by atoms with Crippen LogP contribution in [-0.4, -0.2) is 71.6 Å². The third kappa shape index (κ3) is 8.45. The molecule has 2 heterocycles. The van der Waals surface area contributed by atoms with Gasteiger partial charge in [-0.1, -0.05) is 50.1 Å². The van der Waals surface area contributed by atoms with Gasteiger partial charge in [0, 0.05) is 45.1 Å². The summed E-state index contributed by atoms with van der Waals surface area (Å²) in [4.78, 5) is 38.5. The maximum absolute atomic E-state index is 12.8. The quantitative estimate of drug-likeness (QED) is 0.530. The van der Waals surface area contributed by atoms with Crippen molar-refractivity contribution in [2.24, 2.45) is 17.8 Å². The Balaban J connectivity index is 0.000000479. The van der Waals surface area contributed by atoms with E-state index in [0.717, 1.165) is 58.4 Å². The van der Waals surface area contributed by atoms with Gasteiger partial charge in [-0.25, -0.2) is 4.79 Å². The van der Waals surface area contributed by atoms with Crippen molar-refractivity contribution in [2.45, 2.75) is 64.1 Å². The number of hydrogen-bond donors (Lipinski definition) is 2. The molecule has 1 aromatic carbocycles. The molecule has 3 fully saturated rings. The number of carbonyl (C=O) groups excluding carboxylic acids is 2. The lowest BCUT2D eigenvalue weighted by atomic mass is 10.0. The van der Waals surface area contributed by atoms with Crippen LogP contribution in [0.1, 0.15) is 63.5 Å². The van der Waals surface area contributed by atoms with Crippen molar-refractivity contribution >= 4 is 17.8 Å². The minimum atomic E-state index is -5.08. The number of carboxylic acids is 1. The van der Waals surface area contributed by atoms with Crippen LogP contribution in [0.2, 0.25) is 0 Å². The predicted molar refractivity (Wildman–Crippen MR) is 132 cm³/mol. The van der Waals surface area contributed by atoms with E-state index in [1.807, 2.05) is 6.07 Å². The van der Waals surface area contributed by atoms with Gasteiger partial charge in [-0.15, -0.1) is 0 Å². The molecule has 4 rings (SSSR count). The topological polar surface area (TPSA) is 90.0 Å². The number of aliphatic carboxylic acids is 1. The molecule has 7 nitrogen and oxygen atoms in total. The van der Waals surface area contributed by atoms with Gasteiger partial charge in [0.15, 0.2) is 0 Å². The van der Waals surface area contributed by atoms with Crippen LogP contribution in [0.4, 0.5) is 13.2 Å². The smallest absolute Gasteiger partial charge is 0.475 e. The Bertz CT molecular complexity index is 892. The molecule has 10 heteroatoms. The molecule has 2 N–H and O–H groups in total. The molecule has 1 saturated carbocycles. The summed E-state index contributed by atoms with van der Waals surface area (Å²) in [6.45, 7) is 7.10. The summed E-state index contributed by atoms with van der Waals surface area (Å²) in [6.07, 6.45) is 1.92. The fourth-order valence-corrected chi connectivity index (χ4v) is 5.65. The van der Waals surface area contributed by atoms with E-state index in [0.29, 0.717) is 24.2 Å². The molecular weight excluding hydrogens is 487 g/mol. The van der Waals surface area contributed by atoms with Crippen molar-refractivity contribution in [3.8, 4) is 0 Å². The summed E-state index contributed by atoms with van der Waals surface area (Å²) >= 11 is 0. The first-order valence-electron chi connectivity index (χ1n) is 13.2. The Morgan fingerprint density at radius 1 is 1.03 bits per heavy atom. The highest BCUT2D eigenvalue weighted by Gasteiger charge is 2.41. The summed E-state index contributed by atoms with van der Waals surface area (Å²) in [5.74, 6) is -0.744. The molecule has 2 unspecified atom stereocenters. The normalized spacial score (nSPS) is 22.8. The van der Waals surface area contributed by atoms with Gasteiger partial charge in [0.05, 0.1) is 6.04 Å². The van der Waals surface area contributed by atoms with Crippen LogP contribution < -0.4 is 5.32 Å². The Kier molecular flexibility index (Phi) is 10.4. The molecule has 2 saturated heterocycles. The van der Waals surface area contributed by atoms with Gasteiger partial charge < -0.3 is 20.2 Å². The molecule has 0 aromatic heterocycles. The number of likely N-dealkylation sites (tertiary alicyclic amines) is 2. The highest BCUT2D eigenvalue weighted by molar-refractivity contribution is 5.79. The molecule has 206 valence electrons. The minimum absolute atomic E-state index is 0.0855. The van der Waals surface area contributed by atoms with E-state index in [1.54, 1.807) is 0 Å². The number of amides is 2. The molecule has 2 amide bonds. The molecule has 3 atom stereocenters. The van der Waals surface area contributed by atoms with E-state index in [4.69, 9.17) is 9.90 Å². The van der Waals surface area contributed by atoms with E-state index >= 15 is 0 Å². The van der Waals surface area contributed by atoms with E-state index in [1.165, 1.54) is 18.4 Å². The van der Waals surface area contributed by atoms with Crippen molar-refractivity contribution in [1.29, 1.82) is 0 Å². The van der Waals surface area contributed by atoms with E-state index < -0.39 is 12.1 Å². The monoisotopic (exact) mass is 525 g/mol. The van der Waals surface area contributed by atoms with Crippen LogP contribution in [0.25, 0.3) is 0 Å². The van der Waals surface area contributed by atoms with Crippen molar-refractivity contribution in [3.05, 3.63) is 35.9 Å². The minimum Gasteiger partial charge on any atom is -0.475 e. The molecule has 0 radical (unpaired) electrons. The number of fused-ring (bicyclic) bond motifs is 1. The number of hydrogen-bond acceptors (Lipinski definition) is 4. The van der Waals surface area contributed by atoms with Gasteiger partial charge in [0.25, 0.3) is 0 Å². The molecule has 2 aliphatic heterocycles. The van der Waals surface area contributed by atoms with Crippen LogP contribution in [0, 0.1) is 17.8 Å². The van der Waals surface area contributed by atoms with Gasteiger partial charge in [0.2, 0.25) is 11.8 Å². The van der Waals surface area contributed by atoms with Gasteiger partial charge >= 0.3 is 12.1 Å². The average molecular weight is 526 g/mol. The first kappa shape index (κ1) is 28.9. The van der Waals surface area contributed by atoms with Crippen molar-refractivity contribution in [2.75, 3.05) is 32.7 Å². The van der Waals surface area contributed by atoms with Crippen molar-refractivity contribution in [3.63, 3.8) is 0 Å². The number of rotatable bonds is 8. The number of carbonyl (C=O) groups is 3. The molecule has 3 aliphatic rings. The maximum Gasteiger partial charge on any atom is 0.490 e. The lowest BCUT2D eigenvalue weighted by molar-refractivity contribution is -0.192. The molecular formula is C27H38F3N3O4. The molecule has 1 aromatic rings. The van der Waals surface area contributed by atoms with E-state index in [-0.39, 0.29) is 17.9 Å². The fraction of sp³-hybridized carbons (Fsp3) is 0.667. The van der Waals surface area contributed by atoms with Crippen LogP contribution in [0.5, 0.6) is 0 Å². The van der Waals surface area contributed by atoms with Gasteiger partial charge in [-0.2, -0.15) is 13.2 Å². The van der Waals surface area contributed by atoms with Gasteiger partial charge in [-0.05, 0) is 43.1 Å². The zero-order chi connectivity index (χ0) is 27.0. The second kappa shape index (κ2) is 13.3. The third-order valence-electron chi connectivity index (χ3n) is 7.60. The van der Waals surface area contributed by atoms with E-state index in [9.17, 15) is 22.8 Å². The SMILES string of the molecule is CCCC(=O)N1CC2CN(CCC(NC(=O)C3CCCC3)c3ccccc3)C[C@H]2C1.O=C(O)C(F)(F)F. The second-order valence-electron chi connectivity index (χ2n) is 10.4. The number of nitrogens with one attached hydrogen (secondary N) is 1.